The SMILES string of the molecule is CCOC(C)CNc1nc(CC)ns1. The lowest BCUT2D eigenvalue weighted by atomic mass is 10.4. The van der Waals surface area contributed by atoms with Crippen molar-refractivity contribution in [3.05, 3.63) is 5.82 Å². The van der Waals surface area contributed by atoms with E-state index in [0.29, 0.717) is 0 Å². The van der Waals surface area contributed by atoms with Crippen molar-refractivity contribution in [2.45, 2.75) is 33.3 Å². The third-order valence-corrected chi connectivity index (χ3v) is 2.49. The topological polar surface area (TPSA) is 47.0 Å². The molecule has 0 fully saturated rings. The highest BCUT2D eigenvalue weighted by atomic mass is 32.1. The molecule has 0 saturated heterocycles. The van der Waals surface area contributed by atoms with Gasteiger partial charge in [0.15, 0.2) is 0 Å². The fraction of sp³-hybridized carbons (Fsp3) is 0.778. The molecule has 1 rings (SSSR count). The van der Waals surface area contributed by atoms with E-state index in [1.807, 2.05) is 13.8 Å². The van der Waals surface area contributed by atoms with Crippen LogP contribution in [-0.4, -0.2) is 28.6 Å². The molecule has 1 aromatic heterocycles. The van der Waals surface area contributed by atoms with Crippen molar-refractivity contribution < 1.29 is 4.74 Å². The fourth-order valence-corrected chi connectivity index (χ4v) is 1.70. The maximum atomic E-state index is 5.39. The molecule has 0 bridgehead atoms. The van der Waals surface area contributed by atoms with Crippen LogP contribution in [0.1, 0.15) is 26.6 Å². The van der Waals surface area contributed by atoms with Crippen LogP contribution in [0.25, 0.3) is 0 Å². The van der Waals surface area contributed by atoms with E-state index in [1.54, 1.807) is 0 Å². The summed E-state index contributed by atoms with van der Waals surface area (Å²) in [4.78, 5) is 4.30. The van der Waals surface area contributed by atoms with Crippen LogP contribution in [0.15, 0.2) is 0 Å². The summed E-state index contributed by atoms with van der Waals surface area (Å²) in [6.45, 7) is 7.62. The Morgan fingerprint density at radius 1 is 1.50 bits per heavy atom. The predicted molar refractivity (Wildman–Crippen MR) is 58.9 cm³/mol. The summed E-state index contributed by atoms with van der Waals surface area (Å²) in [5.41, 5.74) is 0. The molecule has 0 aliphatic heterocycles. The molecule has 0 spiro atoms. The van der Waals surface area contributed by atoms with Gasteiger partial charge in [-0.2, -0.15) is 4.37 Å². The second-order valence-electron chi connectivity index (χ2n) is 3.02. The summed E-state index contributed by atoms with van der Waals surface area (Å²) >= 11 is 1.41. The molecule has 1 unspecified atom stereocenters. The number of aryl methyl sites for hydroxylation is 1. The lowest BCUT2D eigenvalue weighted by molar-refractivity contribution is 0.0855. The number of hydrogen-bond acceptors (Lipinski definition) is 5. The van der Waals surface area contributed by atoms with Gasteiger partial charge in [-0.1, -0.05) is 6.92 Å². The van der Waals surface area contributed by atoms with Crippen molar-refractivity contribution in [1.82, 2.24) is 9.36 Å². The van der Waals surface area contributed by atoms with Crippen LogP contribution in [-0.2, 0) is 11.2 Å². The van der Waals surface area contributed by atoms with Gasteiger partial charge >= 0.3 is 0 Å². The molecular weight excluding hydrogens is 198 g/mol. The van der Waals surface area contributed by atoms with Crippen molar-refractivity contribution in [3.63, 3.8) is 0 Å². The number of ether oxygens (including phenoxy) is 1. The lowest BCUT2D eigenvalue weighted by Crippen LogP contribution is -2.19. The number of rotatable bonds is 6. The van der Waals surface area contributed by atoms with Gasteiger partial charge in [0.2, 0.25) is 5.13 Å². The molecule has 0 aliphatic carbocycles. The molecule has 4 nitrogen and oxygen atoms in total. The third-order valence-electron chi connectivity index (χ3n) is 1.78. The van der Waals surface area contributed by atoms with Crippen LogP contribution in [0.4, 0.5) is 5.13 Å². The molecule has 0 saturated carbocycles. The van der Waals surface area contributed by atoms with Gasteiger partial charge in [0, 0.05) is 31.1 Å². The molecule has 5 heteroatoms. The first kappa shape index (κ1) is 11.4. The molecule has 0 amide bonds. The Kier molecular flexibility index (Phi) is 4.82. The predicted octanol–water partition coefficient (Wildman–Crippen LogP) is 1.94. The standard InChI is InChI=1S/C9H17N3OS/c1-4-8-11-9(14-12-8)10-6-7(3)13-5-2/h7H,4-6H2,1-3H3,(H,10,11,12). The highest BCUT2D eigenvalue weighted by Crippen LogP contribution is 2.11. The molecule has 14 heavy (non-hydrogen) atoms. The molecule has 0 radical (unpaired) electrons. The summed E-state index contributed by atoms with van der Waals surface area (Å²) in [6, 6.07) is 0. The lowest BCUT2D eigenvalue weighted by Gasteiger charge is -2.10. The Hall–Kier alpha value is -0.680. The zero-order chi connectivity index (χ0) is 10.4. The van der Waals surface area contributed by atoms with Gasteiger partial charge in [0.25, 0.3) is 0 Å². The normalized spacial score (nSPS) is 12.8. The first-order valence-corrected chi connectivity index (χ1v) is 5.71. The number of hydrogen-bond donors (Lipinski definition) is 1. The highest BCUT2D eigenvalue weighted by molar-refractivity contribution is 7.09. The summed E-state index contributed by atoms with van der Waals surface area (Å²) in [5, 5.41) is 4.09. The summed E-state index contributed by atoms with van der Waals surface area (Å²) < 4.78 is 9.58. The average Bonchev–Trinajstić information content (AvgIpc) is 2.63. The van der Waals surface area contributed by atoms with Crippen LogP contribution in [0.3, 0.4) is 0 Å². The Morgan fingerprint density at radius 3 is 2.86 bits per heavy atom. The van der Waals surface area contributed by atoms with E-state index in [2.05, 4.69) is 21.6 Å². The average molecular weight is 215 g/mol. The smallest absolute Gasteiger partial charge is 0.202 e. The van der Waals surface area contributed by atoms with Crippen LogP contribution < -0.4 is 5.32 Å². The van der Waals surface area contributed by atoms with Crippen molar-refractivity contribution in [3.8, 4) is 0 Å². The van der Waals surface area contributed by atoms with Crippen LogP contribution in [0.5, 0.6) is 0 Å². The maximum absolute atomic E-state index is 5.39. The van der Waals surface area contributed by atoms with Gasteiger partial charge in [-0.05, 0) is 13.8 Å². The second-order valence-corrected chi connectivity index (χ2v) is 3.77. The van der Waals surface area contributed by atoms with Gasteiger partial charge in [0.05, 0.1) is 6.10 Å². The van der Waals surface area contributed by atoms with E-state index in [0.717, 1.165) is 30.5 Å². The summed E-state index contributed by atoms with van der Waals surface area (Å²) in [6.07, 6.45) is 1.10. The molecule has 1 aromatic rings. The number of anilines is 1. The van der Waals surface area contributed by atoms with E-state index >= 15 is 0 Å². The minimum atomic E-state index is 0.217. The Labute approximate surface area is 88.9 Å². The monoisotopic (exact) mass is 215 g/mol. The van der Waals surface area contributed by atoms with E-state index in [9.17, 15) is 0 Å². The maximum Gasteiger partial charge on any atom is 0.202 e. The minimum absolute atomic E-state index is 0.217. The van der Waals surface area contributed by atoms with Crippen LogP contribution in [0.2, 0.25) is 0 Å². The van der Waals surface area contributed by atoms with Gasteiger partial charge in [-0.3, -0.25) is 0 Å². The second kappa shape index (κ2) is 5.93. The quantitative estimate of drug-likeness (QED) is 0.787. The van der Waals surface area contributed by atoms with Gasteiger partial charge in [0.1, 0.15) is 5.82 Å². The fourth-order valence-electron chi connectivity index (χ4n) is 1.04. The van der Waals surface area contributed by atoms with Crippen molar-refractivity contribution >= 4 is 16.7 Å². The first-order valence-electron chi connectivity index (χ1n) is 4.94. The van der Waals surface area contributed by atoms with Gasteiger partial charge in [-0.25, -0.2) is 4.98 Å². The van der Waals surface area contributed by atoms with Gasteiger partial charge < -0.3 is 10.1 Å². The minimum Gasteiger partial charge on any atom is -0.377 e. The van der Waals surface area contributed by atoms with E-state index < -0.39 is 0 Å². The number of nitrogens with one attached hydrogen (secondary N) is 1. The van der Waals surface area contributed by atoms with Crippen LogP contribution in [0, 0.1) is 0 Å². The molecular formula is C9H17N3OS. The van der Waals surface area contributed by atoms with Crippen molar-refractivity contribution in [2.75, 3.05) is 18.5 Å². The van der Waals surface area contributed by atoms with Crippen molar-refractivity contribution in [1.29, 1.82) is 0 Å². The molecule has 1 heterocycles. The Bertz CT molecular complexity index is 264. The van der Waals surface area contributed by atoms with Gasteiger partial charge in [-0.15, -0.1) is 0 Å². The summed E-state index contributed by atoms with van der Waals surface area (Å²) in [5.74, 6) is 0.904. The van der Waals surface area contributed by atoms with E-state index in [4.69, 9.17) is 4.74 Å². The third kappa shape index (κ3) is 3.59. The number of aromatic nitrogens is 2. The molecule has 0 aliphatic rings. The molecule has 1 N–H and O–H groups in total. The zero-order valence-electron chi connectivity index (χ0n) is 8.91. The molecule has 1 atom stereocenters. The van der Waals surface area contributed by atoms with Crippen LogP contribution >= 0.6 is 11.5 Å². The van der Waals surface area contributed by atoms with E-state index in [1.165, 1.54) is 11.5 Å². The van der Waals surface area contributed by atoms with E-state index in [-0.39, 0.29) is 6.10 Å². The van der Waals surface area contributed by atoms with Crippen molar-refractivity contribution in [2.24, 2.45) is 0 Å². The molecule has 0 aromatic carbocycles. The summed E-state index contributed by atoms with van der Waals surface area (Å²) in [7, 11) is 0. The molecule has 80 valence electrons. The first-order chi connectivity index (χ1) is 6.76. The number of nitrogens with zero attached hydrogens (tertiary/aromatic N) is 2. The highest BCUT2D eigenvalue weighted by Gasteiger charge is 2.04. The Morgan fingerprint density at radius 2 is 2.29 bits per heavy atom. The Balaban J connectivity index is 2.30. The largest absolute Gasteiger partial charge is 0.377 e. The zero-order valence-corrected chi connectivity index (χ0v) is 9.73.